The normalized spacial score (nSPS) is 12.5. The van der Waals surface area contributed by atoms with Gasteiger partial charge in [0.05, 0.1) is 18.4 Å². The van der Waals surface area contributed by atoms with E-state index in [4.69, 9.17) is 9.05 Å². The molecule has 1 aromatic rings. The van der Waals surface area contributed by atoms with Crippen molar-refractivity contribution in [2.75, 3.05) is 13.2 Å². The maximum absolute atomic E-state index is 13.8. The Balaban J connectivity index is 3.47. The Morgan fingerprint density at radius 1 is 0.917 bits per heavy atom. The zero-order valence-corrected chi connectivity index (χ0v) is 16.5. The van der Waals surface area contributed by atoms with Gasteiger partial charge in [0, 0.05) is 0 Å². The van der Waals surface area contributed by atoms with Gasteiger partial charge in [0.1, 0.15) is 5.75 Å². The van der Waals surface area contributed by atoms with Gasteiger partial charge >= 0.3 is 7.60 Å². The minimum Gasteiger partial charge on any atom is -0.508 e. The summed E-state index contributed by atoms with van der Waals surface area (Å²) in [7, 11) is -3.34. The molecule has 0 aliphatic heterocycles. The highest BCUT2D eigenvalue weighted by atomic mass is 31.2. The van der Waals surface area contributed by atoms with E-state index in [1.54, 1.807) is 12.1 Å². The molecule has 1 aromatic carbocycles. The second-order valence-electron chi connectivity index (χ2n) is 6.12. The average Bonchev–Trinajstić information content (AvgIpc) is 2.56. The number of benzene rings is 1. The third kappa shape index (κ3) is 4.84. The van der Waals surface area contributed by atoms with Crippen molar-refractivity contribution in [1.82, 2.24) is 0 Å². The van der Waals surface area contributed by atoms with Crippen molar-refractivity contribution in [2.24, 2.45) is 0 Å². The second kappa shape index (κ2) is 10.2. The number of rotatable bonds is 12. The quantitative estimate of drug-likeness (QED) is 0.451. The minimum atomic E-state index is -3.34. The first kappa shape index (κ1) is 21.2. The van der Waals surface area contributed by atoms with E-state index >= 15 is 0 Å². The van der Waals surface area contributed by atoms with Crippen LogP contribution in [0.3, 0.4) is 0 Å². The monoisotopic (exact) mass is 356 g/mol. The van der Waals surface area contributed by atoms with E-state index in [0.29, 0.717) is 13.2 Å². The molecule has 138 valence electrons. The topological polar surface area (TPSA) is 55.8 Å². The van der Waals surface area contributed by atoms with Gasteiger partial charge in [0.2, 0.25) is 0 Å². The van der Waals surface area contributed by atoms with Crippen molar-refractivity contribution < 1.29 is 18.7 Å². The van der Waals surface area contributed by atoms with E-state index in [0.717, 1.165) is 44.1 Å². The van der Waals surface area contributed by atoms with Crippen LogP contribution in [0.1, 0.15) is 71.8 Å². The lowest BCUT2D eigenvalue weighted by Crippen LogP contribution is -2.29. The van der Waals surface area contributed by atoms with Gasteiger partial charge < -0.3 is 14.2 Å². The maximum Gasteiger partial charge on any atom is 0.341 e. The van der Waals surface area contributed by atoms with Gasteiger partial charge in [0.15, 0.2) is 0 Å². The Morgan fingerprint density at radius 3 is 1.75 bits per heavy atom. The maximum atomic E-state index is 13.8. The van der Waals surface area contributed by atoms with Crippen LogP contribution in [-0.2, 0) is 18.8 Å². The fraction of sp³-hybridized carbons (Fsp3) is 0.684. The van der Waals surface area contributed by atoms with Crippen LogP contribution in [0.2, 0.25) is 0 Å². The molecule has 0 fully saturated rings. The Hall–Kier alpha value is -0.830. The third-order valence-electron chi connectivity index (χ3n) is 4.41. The van der Waals surface area contributed by atoms with Crippen LogP contribution >= 0.6 is 7.60 Å². The first-order chi connectivity index (χ1) is 11.5. The molecule has 1 N–H and O–H groups in total. The highest BCUT2D eigenvalue weighted by Crippen LogP contribution is 2.69. The van der Waals surface area contributed by atoms with Gasteiger partial charge in [-0.05, 0) is 44.4 Å². The van der Waals surface area contributed by atoms with Gasteiger partial charge in [-0.1, -0.05) is 51.7 Å². The predicted octanol–water partition coefficient (Wildman–Crippen LogP) is 6.23. The zero-order valence-electron chi connectivity index (χ0n) is 15.6. The Kier molecular flexibility index (Phi) is 9.04. The third-order valence-corrected chi connectivity index (χ3v) is 7.36. The van der Waals surface area contributed by atoms with E-state index in [2.05, 4.69) is 13.8 Å². The molecule has 0 saturated heterocycles. The van der Waals surface area contributed by atoms with Gasteiger partial charge in [-0.2, -0.15) is 0 Å². The van der Waals surface area contributed by atoms with Crippen LogP contribution in [0.15, 0.2) is 24.3 Å². The van der Waals surface area contributed by atoms with Crippen molar-refractivity contribution in [1.29, 1.82) is 0 Å². The molecule has 5 heteroatoms. The molecule has 24 heavy (non-hydrogen) atoms. The molecular formula is C19H33O4P. The average molecular weight is 356 g/mol. The molecule has 4 nitrogen and oxygen atoms in total. The number of unbranched alkanes of at least 4 members (excludes halogenated alkanes) is 2. The van der Waals surface area contributed by atoms with Gasteiger partial charge in [-0.25, -0.2) is 0 Å². The lowest BCUT2D eigenvalue weighted by molar-refractivity contribution is 0.187. The molecule has 0 aliphatic carbocycles. The van der Waals surface area contributed by atoms with Crippen LogP contribution in [0.25, 0.3) is 0 Å². The minimum absolute atomic E-state index is 0.210. The Bertz CT molecular complexity index is 495. The summed E-state index contributed by atoms with van der Waals surface area (Å²) in [5.41, 5.74) is 0.937. The van der Waals surface area contributed by atoms with E-state index in [1.165, 1.54) is 0 Å². The van der Waals surface area contributed by atoms with Crippen molar-refractivity contribution >= 4 is 7.60 Å². The number of aromatic hydroxyl groups is 1. The van der Waals surface area contributed by atoms with Crippen molar-refractivity contribution in [3.05, 3.63) is 29.8 Å². The van der Waals surface area contributed by atoms with Gasteiger partial charge in [-0.3, -0.25) is 4.57 Å². The predicted molar refractivity (Wildman–Crippen MR) is 99.7 cm³/mol. The zero-order chi connectivity index (χ0) is 18.1. The lowest BCUT2D eigenvalue weighted by Gasteiger charge is -2.40. The SMILES string of the molecule is CCCCC(CCCC)(c1ccc(O)cc1)P(=O)(OCC)OCC. The molecule has 0 spiro atoms. The molecule has 0 amide bonds. The summed E-state index contributed by atoms with van der Waals surface area (Å²) in [5, 5.41) is 9.00. The summed E-state index contributed by atoms with van der Waals surface area (Å²) in [4.78, 5) is 0. The highest BCUT2D eigenvalue weighted by Gasteiger charge is 2.51. The number of phenolic OH excluding ortho intramolecular Hbond substituents is 1. The Morgan fingerprint density at radius 2 is 1.38 bits per heavy atom. The van der Waals surface area contributed by atoms with Crippen molar-refractivity contribution in [3.63, 3.8) is 0 Å². The smallest absolute Gasteiger partial charge is 0.341 e. The first-order valence-corrected chi connectivity index (χ1v) is 10.7. The molecule has 0 aromatic heterocycles. The van der Waals surface area contributed by atoms with Crippen molar-refractivity contribution in [3.8, 4) is 5.75 Å². The van der Waals surface area contributed by atoms with Gasteiger partial charge in [0.25, 0.3) is 0 Å². The van der Waals surface area contributed by atoms with Crippen molar-refractivity contribution in [2.45, 2.75) is 71.4 Å². The molecule has 0 saturated carbocycles. The standard InChI is InChI=1S/C19H33O4P/c1-5-9-15-19(16-10-6-2,17-11-13-18(20)14-12-17)24(21,22-7-3)23-8-4/h11-14,20H,5-10,15-16H2,1-4H3. The largest absolute Gasteiger partial charge is 0.508 e. The molecule has 0 aliphatic rings. The summed E-state index contributed by atoms with van der Waals surface area (Å²) < 4.78 is 25.4. The number of phenols is 1. The molecule has 1 rings (SSSR count). The summed E-state index contributed by atoms with van der Waals surface area (Å²) in [6.45, 7) is 8.69. The van der Waals surface area contributed by atoms with E-state index in [1.807, 2.05) is 26.0 Å². The second-order valence-corrected chi connectivity index (χ2v) is 8.49. The van der Waals surface area contributed by atoms with Gasteiger partial charge in [-0.15, -0.1) is 0 Å². The summed E-state index contributed by atoms with van der Waals surface area (Å²) in [5.74, 6) is 0.210. The molecule has 0 bridgehead atoms. The van der Waals surface area contributed by atoms with Crippen LogP contribution in [-0.4, -0.2) is 18.3 Å². The fourth-order valence-electron chi connectivity index (χ4n) is 3.18. The number of hydrogen-bond acceptors (Lipinski definition) is 4. The van der Waals surface area contributed by atoms with E-state index in [-0.39, 0.29) is 5.75 Å². The lowest BCUT2D eigenvalue weighted by atomic mass is 9.87. The summed E-state index contributed by atoms with van der Waals surface area (Å²) in [6.07, 6.45) is 5.45. The van der Waals surface area contributed by atoms with E-state index in [9.17, 15) is 9.67 Å². The molecule has 0 unspecified atom stereocenters. The first-order valence-electron chi connectivity index (χ1n) is 9.18. The van der Waals surface area contributed by atoms with Crippen LogP contribution in [0.4, 0.5) is 0 Å². The fourth-order valence-corrected chi connectivity index (χ4v) is 5.76. The Labute approximate surface area is 147 Å². The van der Waals surface area contributed by atoms with Crippen LogP contribution < -0.4 is 0 Å². The molecule has 0 radical (unpaired) electrons. The molecular weight excluding hydrogens is 323 g/mol. The highest BCUT2D eigenvalue weighted by molar-refractivity contribution is 7.55. The molecule has 0 heterocycles. The van der Waals surface area contributed by atoms with Crippen LogP contribution in [0, 0.1) is 0 Å². The summed E-state index contributed by atoms with van der Waals surface area (Å²) >= 11 is 0. The van der Waals surface area contributed by atoms with Crippen LogP contribution in [0.5, 0.6) is 5.75 Å². The summed E-state index contributed by atoms with van der Waals surface area (Å²) in [6, 6.07) is 7.05. The number of hydrogen-bond donors (Lipinski definition) is 1. The van der Waals surface area contributed by atoms with E-state index < -0.39 is 12.8 Å². The molecule has 0 atom stereocenters.